The van der Waals surface area contributed by atoms with Gasteiger partial charge in [-0.25, -0.2) is 0 Å². The lowest BCUT2D eigenvalue weighted by Gasteiger charge is -2.34. The van der Waals surface area contributed by atoms with Gasteiger partial charge in [-0.15, -0.1) is 0 Å². The van der Waals surface area contributed by atoms with Crippen molar-refractivity contribution in [3.63, 3.8) is 0 Å². The largest absolute Gasteiger partial charge is 0.336 e. The molecule has 1 aromatic rings. The van der Waals surface area contributed by atoms with Crippen LogP contribution < -0.4 is 0 Å². The lowest BCUT2D eigenvalue weighted by molar-refractivity contribution is -0.136. The van der Waals surface area contributed by atoms with E-state index in [1.54, 1.807) is 10.9 Å². The zero-order valence-corrected chi connectivity index (χ0v) is 12.4. The Kier molecular flexibility index (Phi) is 3.78. The van der Waals surface area contributed by atoms with Crippen LogP contribution in [0.5, 0.6) is 0 Å². The Morgan fingerprint density at radius 2 is 2.00 bits per heavy atom. The molecule has 2 fully saturated rings. The zero-order chi connectivity index (χ0) is 14.1. The van der Waals surface area contributed by atoms with Gasteiger partial charge in [0.1, 0.15) is 6.04 Å². The molecule has 1 aromatic heterocycles. The number of nitrogens with zero attached hydrogens (tertiary/aromatic N) is 4. The van der Waals surface area contributed by atoms with E-state index in [4.69, 9.17) is 0 Å². The van der Waals surface area contributed by atoms with Crippen molar-refractivity contribution in [2.24, 2.45) is 0 Å². The van der Waals surface area contributed by atoms with Crippen LogP contribution in [0.4, 0.5) is 0 Å². The molecular formula is C15H24N4O. The monoisotopic (exact) mass is 276 g/mol. The SMILES string of the molecule is C[C@H](C(=O)N1CCC[C@@H]1[C@@H]1CCCN1C)n1cccn1. The van der Waals surface area contributed by atoms with Gasteiger partial charge in [0.2, 0.25) is 5.91 Å². The maximum absolute atomic E-state index is 12.8. The maximum atomic E-state index is 12.8. The average molecular weight is 276 g/mol. The first-order valence-electron chi connectivity index (χ1n) is 7.68. The summed E-state index contributed by atoms with van der Waals surface area (Å²) in [4.78, 5) is 17.3. The highest BCUT2D eigenvalue weighted by molar-refractivity contribution is 5.80. The molecular weight excluding hydrogens is 252 g/mol. The smallest absolute Gasteiger partial charge is 0.247 e. The summed E-state index contributed by atoms with van der Waals surface area (Å²) in [7, 11) is 2.19. The number of aromatic nitrogens is 2. The maximum Gasteiger partial charge on any atom is 0.247 e. The first kappa shape index (κ1) is 13.6. The Morgan fingerprint density at radius 1 is 1.25 bits per heavy atom. The summed E-state index contributed by atoms with van der Waals surface area (Å²) in [5.74, 6) is 0.219. The average Bonchev–Trinajstić information content (AvgIpc) is 3.17. The molecule has 0 unspecified atom stereocenters. The van der Waals surface area contributed by atoms with Crippen LogP contribution in [0.2, 0.25) is 0 Å². The van der Waals surface area contributed by atoms with Crippen molar-refractivity contribution in [2.45, 2.75) is 50.7 Å². The predicted molar refractivity (Wildman–Crippen MR) is 77.3 cm³/mol. The van der Waals surface area contributed by atoms with Crippen molar-refractivity contribution in [1.29, 1.82) is 0 Å². The van der Waals surface area contributed by atoms with E-state index in [2.05, 4.69) is 21.9 Å². The summed E-state index contributed by atoms with van der Waals surface area (Å²) < 4.78 is 1.76. The molecule has 3 heterocycles. The van der Waals surface area contributed by atoms with Gasteiger partial charge in [-0.05, 0) is 52.3 Å². The topological polar surface area (TPSA) is 41.4 Å². The molecule has 0 spiro atoms. The molecule has 2 aliphatic heterocycles. The molecule has 0 aliphatic carbocycles. The summed E-state index contributed by atoms with van der Waals surface area (Å²) in [5.41, 5.74) is 0. The number of rotatable bonds is 3. The van der Waals surface area contributed by atoms with E-state index in [9.17, 15) is 4.79 Å². The van der Waals surface area contributed by atoms with Gasteiger partial charge >= 0.3 is 0 Å². The quantitative estimate of drug-likeness (QED) is 0.840. The van der Waals surface area contributed by atoms with Crippen LogP contribution in [0, 0.1) is 0 Å². The fraction of sp³-hybridized carbons (Fsp3) is 0.733. The van der Waals surface area contributed by atoms with E-state index in [1.165, 1.54) is 12.8 Å². The van der Waals surface area contributed by atoms with Crippen molar-refractivity contribution in [3.8, 4) is 0 Å². The van der Waals surface area contributed by atoms with Crippen LogP contribution in [-0.2, 0) is 4.79 Å². The molecule has 0 radical (unpaired) electrons. The van der Waals surface area contributed by atoms with E-state index < -0.39 is 0 Å². The highest BCUT2D eigenvalue weighted by Crippen LogP contribution is 2.30. The third kappa shape index (κ3) is 2.35. The number of likely N-dealkylation sites (N-methyl/N-ethyl adjacent to an activating group) is 1. The van der Waals surface area contributed by atoms with Crippen LogP contribution in [0.3, 0.4) is 0 Å². The van der Waals surface area contributed by atoms with Gasteiger partial charge in [-0.3, -0.25) is 9.48 Å². The molecule has 0 bridgehead atoms. The minimum Gasteiger partial charge on any atom is -0.336 e. The third-order valence-corrected chi connectivity index (χ3v) is 4.88. The standard InChI is InChI=1S/C15H24N4O/c1-12(19-11-5-8-16-19)15(20)18-10-4-7-14(18)13-6-3-9-17(13)2/h5,8,11-14H,3-4,6-7,9-10H2,1-2H3/t12-,13+,14-/m1/s1. The molecule has 3 rings (SSSR count). The molecule has 5 heteroatoms. The highest BCUT2D eigenvalue weighted by Gasteiger charge is 2.39. The summed E-state index contributed by atoms with van der Waals surface area (Å²) in [5, 5.41) is 4.20. The third-order valence-electron chi connectivity index (χ3n) is 4.88. The van der Waals surface area contributed by atoms with Crippen LogP contribution in [0.25, 0.3) is 0 Å². The lowest BCUT2D eigenvalue weighted by atomic mass is 10.0. The highest BCUT2D eigenvalue weighted by atomic mass is 16.2. The Labute approximate surface area is 120 Å². The van der Waals surface area contributed by atoms with Gasteiger partial charge < -0.3 is 9.80 Å². The second kappa shape index (κ2) is 5.56. The zero-order valence-electron chi connectivity index (χ0n) is 12.4. The number of carbonyl (C=O) groups is 1. The minimum atomic E-state index is -0.197. The number of likely N-dealkylation sites (tertiary alicyclic amines) is 2. The second-order valence-electron chi connectivity index (χ2n) is 6.09. The molecule has 2 saturated heterocycles. The van der Waals surface area contributed by atoms with Gasteiger partial charge in [0.25, 0.3) is 0 Å². The molecule has 0 aromatic carbocycles. The van der Waals surface area contributed by atoms with Gasteiger partial charge in [0.15, 0.2) is 0 Å². The van der Waals surface area contributed by atoms with E-state index in [0.717, 1.165) is 25.9 Å². The summed E-state index contributed by atoms with van der Waals surface area (Å²) in [6.07, 6.45) is 8.36. The Morgan fingerprint density at radius 3 is 2.65 bits per heavy atom. The van der Waals surface area contributed by atoms with Gasteiger partial charge in [-0.1, -0.05) is 0 Å². The first-order chi connectivity index (χ1) is 9.68. The number of hydrogen-bond acceptors (Lipinski definition) is 3. The number of amides is 1. The second-order valence-corrected chi connectivity index (χ2v) is 6.09. The van der Waals surface area contributed by atoms with Crippen molar-refractivity contribution in [3.05, 3.63) is 18.5 Å². The number of hydrogen-bond donors (Lipinski definition) is 0. The lowest BCUT2D eigenvalue weighted by Crippen LogP contribution is -2.48. The first-order valence-corrected chi connectivity index (χ1v) is 7.68. The van der Waals surface area contributed by atoms with Crippen molar-refractivity contribution < 1.29 is 4.79 Å². The van der Waals surface area contributed by atoms with Crippen molar-refractivity contribution in [1.82, 2.24) is 19.6 Å². The molecule has 2 aliphatic rings. The fourth-order valence-electron chi connectivity index (χ4n) is 3.75. The van der Waals surface area contributed by atoms with Gasteiger partial charge in [-0.2, -0.15) is 5.10 Å². The van der Waals surface area contributed by atoms with Crippen LogP contribution >= 0.6 is 0 Å². The molecule has 110 valence electrons. The molecule has 0 N–H and O–H groups in total. The van der Waals surface area contributed by atoms with E-state index in [-0.39, 0.29) is 11.9 Å². The molecule has 0 saturated carbocycles. The van der Waals surface area contributed by atoms with E-state index >= 15 is 0 Å². The summed E-state index contributed by atoms with van der Waals surface area (Å²) >= 11 is 0. The van der Waals surface area contributed by atoms with Crippen molar-refractivity contribution in [2.75, 3.05) is 20.1 Å². The van der Waals surface area contributed by atoms with Crippen LogP contribution in [-0.4, -0.2) is 57.7 Å². The minimum absolute atomic E-state index is 0.197. The normalized spacial score (nSPS) is 29.0. The molecule has 1 amide bonds. The predicted octanol–water partition coefficient (Wildman–Crippen LogP) is 1.53. The number of carbonyl (C=O) groups excluding carboxylic acids is 1. The Balaban J connectivity index is 1.73. The summed E-state index contributed by atoms with van der Waals surface area (Å²) in [6, 6.07) is 2.62. The Bertz CT molecular complexity index is 458. The van der Waals surface area contributed by atoms with E-state index in [0.29, 0.717) is 12.1 Å². The molecule has 20 heavy (non-hydrogen) atoms. The van der Waals surface area contributed by atoms with Gasteiger partial charge in [0, 0.05) is 31.0 Å². The Hall–Kier alpha value is -1.36. The fourth-order valence-corrected chi connectivity index (χ4v) is 3.75. The molecule has 3 atom stereocenters. The van der Waals surface area contributed by atoms with Crippen LogP contribution in [0.1, 0.15) is 38.6 Å². The van der Waals surface area contributed by atoms with Crippen molar-refractivity contribution >= 4 is 5.91 Å². The molecule has 5 nitrogen and oxygen atoms in total. The van der Waals surface area contributed by atoms with Crippen LogP contribution in [0.15, 0.2) is 18.5 Å². The summed E-state index contributed by atoms with van der Waals surface area (Å²) in [6.45, 7) is 4.01. The van der Waals surface area contributed by atoms with Gasteiger partial charge in [0.05, 0.1) is 0 Å². The van der Waals surface area contributed by atoms with E-state index in [1.807, 2.05) is 19.2 Å².